The number of hydrogen-bond acceptors (Lipinski definition) is 4. The number of ether oxygens (including phenoxy) is 1. The first-order valence-corrected chi connectivity index (χ1v) is 8.53. The van der Waals surface area contributed by atoms with Crippen LogP contribution in [0.4, 0.5) is 14.5 Å². The summed E-state index contributed by atoms with van der Waals surface area (Å²) in [5, 5.41) is 10.0. The first-order chi connectivity index (χ1) is 12.4. The van der Waals surface area contributed by atoms with E-state index in [0.29, 0.717) is 12.2 Å². The molecule has 0 spiro atoms. The molecule has 6 heteroatoms. The molecule has 1 atom stereocenters. The summed E-state index contributed by atoms with van der Waals surface area (Å²) in [4.78, 5) is 13.5. The van der Waals surface area contributed by atoms with E-state index < -0.39 is 18.0 Å². The average Bonchev–Trinajstić information content (AvgIpc) is 3.01. The van der Waals surface area contributed by atoms with Crippen molar-refractivity contribution in [2.24, 2.45) is 0 Å². The van der Waals surface area contributed by atoms with E-state index in [0.717, 1.165) is 11.1 Å². The van der Waals surface area contributed by atoms with Gasteiger partial charge in [0.15, 0.2) is 6.10 Å². The number of benzene rings is 2. The molecule has 0 aromatic heterocycles. The van der Waals surface area contributed by atoms with Crippen LogP contribution in [0, 0.1) is 0 Å². The summed E-state index contributed by atoms with van der Waals surface area (Å²) < 4.78 is 31.7. The minimum Gasteiger partial charge on any atom is -0.459 e. The molecule has 0 aliphatic carbocycles. The van der Waals surface area contributed by atoms with Crippen molar-refractivity contribution < 1.29 is 23.4 Å². The highest BCUT2D eigenvalue weighted by atomic mass is 19.3. The lowest BCUT2D eigenvalue weighted by Crippen LogP contribution is -2.26. The van der Waals surface area contributed by atoms with Crippen molar-refractivity contribution >= 4 is 11.7 Å². The van der Waals surface area contributed by atoms with Crippen LogP contribution in [0.5, 0.6) is 0 Å². The fraction of sp³-hybridized carbons (Fsp3) is 0.350. The van der Waals surface area contributed by atoms with Crippen LogP contribution >= 0.6 is 0 Å². The second kappa shape index (κ2) is 7.83. The zero-order chi connectivity index (χ0) is 18.6. The summed E-state index contributed by atoms with van der Waals surface area (Å²) in [5.74, 6) is -3.32. The maximum atomic E-state index is 13.3. The van der Waals surface area contributed by atoms with Crippen molar-refractivity contribution in [2.45, 2.75) is 31.5 Å². The molecule has 1 heterocycles. The number of aliphatic hydroxyl groups excluding tert-OH is 1. The van der Waals surface area contributed by atoms with Gasteiger partial charge in [0.2, 0.25) is 0 Å². The smallest absolute Gasteiger partial charge is 0.335 e. The van der Waals surface area contributed by atoms with Gasteiger partial charge in [-0.15, -0.1) is 0 Å². The van der Waals surface area contributed by atoms with E-state index in [1.54, 1.807) is 29.2 Å². The summed E-state index contributed by atoms with van der Waals surface area (Å²) >= 11 is 0. The van der Waals surface area contributed by atoms with Crippen molar-refractivity contribution in [3.8, 4) is 0 Å². The third-order valence-corrected chi connectivity index (χ3v) is 4.40. The van der Waals surface area contributed by atoms with Gasteiger partial charge in [0.25, 0.3) is 5.92 Å². The SMILES string of the molecule is O=C(OCc1ccccc1)C(O)Cc1ccc(N2CCC(F)(F)C2)cc1. The van der Waals surface area contributed by atoms with Gasteiger partial charge in [-0.3, -0.25) is 0 Å². The van der Waals surface area contributed by atoms with E-state index in [9.17, 15) is 18.7 Å². The third-order valence-electron chi connectivity index (χ3n) is 4.40. The van der Waals surface area contributed by atoms with Gasteiger partial charge in [0.1, 0.15) is 6.61 Å². The quantitative estimate of drug-likeness (QED) is 0.803. The van der Waals surface area contributed by atoms with E-state index in [1.807, 2.05) is 30.3 Å². The third kappa shape index (κ3) is 4.79. The lowest BCUT2D eigenvalue weighted by atomic mass is 10.1. The molecule has 3 rings (SSSR count). The number of carbonyl (C=O) groups is 1. The average molecular weight is 361 g/mol. The van der Waals surface area contributed by atoms with E-state index in [4.69, 9.17) is 4.74 Å². The Morgan fingerprint density at radius 3 is 2.42 bits per heavy atom. The van der Waals surface area contributed by atoms with Crippen molar-refractivity contribution in [3.63, 3.8) is 0 Å². The number of hydrogen-bond donors (Lipinski definition) is 1. The summed E-state index contributed by atoms with van der Waals surface area (Å²) in [7, 11) is 0. The topological polar surface area (TPSA) is 49.8 Å². The molecule has 1 aliphatic heterocycles. The van der Waals surface area contributed by atoms with Crippen molar-refractivity contribution in [3.05, 3.63) is 65.7 Å². The Hall–Kier alpha value is -2.47. The fourth-order valence-electron chi connectivity index (χ4n) is 2.93. The maximum absolute atomic E-state index is 13.3. The molecule has 26 heavy (non-hydrogen) atoms. The number of aliphatic hydroxyl groups is 1. The zero-order valence-corrected chi connectivity index (χ0v) is 14.3. The molecule has 0 bridgehead atoms. The monoisotopic (exact) mass is 361 g/mol. The van der Waals surface area contributed by atoms with Gasteiger partial charge in [-0.2, -0.15) is 0 Å². The molecule has 1 N–H and O–H groups in total. The predicted octanol–water partition coefficient (Wildman–Crippen LogP) is 3.18. The molecule has 0 radical (unpaired) electrons. The van der Waals surface area contributed by atoms with E-state index in [1.165, 1.54) is 0 Å². The van der Waals surface area contributed by atoms with Crippen molar-refractivity contribution in [1.29, 1.82) is 0 Å². The molecule has 2 aromatic rings. The largest absolute Gasteiger partial charge is 0.459 e. The Balaban J connectivity index is 1.51. The van der Waals surface area contributed by atoms with Crippen LogP contribution < -0.4 is 4.90 Å². The predicted molar refractivity (Wildman–Crippen MR) is 94.2 cm³/mol. The van der Waals surface area contributed by atoms with Crippen LogP contribution in [0.25, 0.3) is 0 Å². The van der Waals surface area contributed by atoms with Gasteiger partial charge >= 0.3 is 5.97 Å². The molecule has 1 saturated heterocycles. The van der Waals surface area contributed by atoms with Crippen molar-refractivity contribution in [2.75, 3.05) is 18.0 Å². The molecular formula is C20H21F2NO3. The summed E-state index contributed by atoms with van der Waals surface area (Å²) in [6.07, 6.45) is -1.29. The van der Waals surface area contributed by atoms with Crippen LogP contribution in [0.3, 0.4) is 0 Å². The number of alkyl halides is 2. The molecule has 4 nitrogen and oxygen atoms in total. The molecule has 0 amide bonds. The highest BCUT2D eigenvalue weighted by molar-refractivity contribution is 5.74. The first kappa shape index (κ1) is 18.3. The van der Waals surface area contributed by atoms with Gasteiger partial charge in [0, 0.05) is 25.1 Å². The Bertz CT molecular complexity index is 734. The Labute approximate surface area is 151 Å². The fourth-order valence-corrected chi connectivity index (χ4v) is 2.93. The molecule has 138 valence electrons. The van der Waals surface area contributed by atoms with Crippen LogP contribution in [0.2, 0.25) is 0 Å². The summed E-state index contributed by atoms with van der Waals surface area (Å²) in [6.45, 7) is 0.153. The maximum Gasteiger partial charge on any atom is 0.335 e. The normalized spacial score (nSPS) is 17.1. The van der Waals surface area contributed by atoms with Crippen molar-refractivity contribution in [1.82, 2.24) is 0 Å². The summed E-state index contributed by atoms with van der Waals surface area (Å²) in [6, 6.07) is 16.2. The molecule has 0 saturated carbocycles. The second-order valence-electron chi connectivity index (χ2n) is 6.51. The van der Waals surface area contributed by atoms with Crippen LogP contribution in [0.1, 0.15) is 17.5 Å². The Morgan fingerprint density at radius 2 is 1.81 bits per heavy atom. The number of esters is 1. The minimum atomic E-state index is -2.64. The Kier molecular flexibility index (Phi) is 5.52. The minimum absolute atomic E-state index is 0.110. The molecule has 1 fully saturated rings. The van der Waals surface area contributed by atoms with Crippen LogP contribution in [-0.4, -0.2) is 36.2 Å². The van der Waals surface area contributed by atoms with E-state index in [-0.39, 0.29) is 26.0 Å². The number of carbonyl (C=O) groups excluding carboxylic acids is 1. The van der Waals surface area contributed by atoms with Gasteiger partial charge in [0.05, 0.1) is 6.54 Å². The van der Waals surface area contributed by atoms with Gasteiger partial charge in [-0.25, -0.2) is 13.6 Å². The highest BCUT2D eigenvalue weighted by Crippen LogP contribution is 2.30. The Morgan fingerprint density at radius 1 is 1.12 bits per heavy atom. The van der Waals surface area contributed by atoms with Gasteiger partial charge < -0.3 is 14.7 Å². The molecule has 1 aliphatic rings. The number of nitrogens with zero attached hydrogens (tertiary/aromatic N) is 1. The molecule has 2 aromatic carbocycles. The highest BCUT2D eigenvalue weighted by Gasteiger charge is 2.38. The lowest BCUT2D eigenvalue weighted by Gasteiger charge is -2.18. The number of anilines is 1. The number of rotatable bonds is 6. The zero-order valence-electron chi connectivity index (χ0n) is 14.3. The van der Waals surface area contributed by atoms with Gasteiger partial charge in [-0.1, -0.05) is 42.5 Å². The second-order valence-corrected chi connectivity index (χ2v) is 6.51. The lowest BCUT2D eigenvalue weighted by molar-refractivity contribution is -0.154. The standard InChI is InChI=1S/C20H21F2NO3/c21-20(22)10-11-23(14-20)17-8-6-15(7-9-17)12-18(24)19(25)26-13-16-4-2-1-3-5-16/h1-9,18,24H,10-14H2. The van der Waals surface area contributed by atoms with Gasteiger partial charge in [-0.05, 0) is 23.3 Å². The van der Waals surface area contributed by atoms with Crippen LogP contribution in [-0.2, 0) is 22.6 Å². The number of halogens is 2. The van der Waals surface area contributed by atoms with E-state index in [2.05, 4.69) is 0 Å². The molecule has 1 unspecified atom stereocenters. The molecular weight excluding hydrogens is 340 g/mol. The summed E-state index contributed by atoms with van der Waals surface area (Å²) in [5.41, 5.74) is 2.30. The van der Waals surface area contributed by atoms with Crippen LogP contribution in [0.15, 0.2) is 54.6 Å². The van der Waals surface area contributed by atoms with E-state index >= 15 is 0 Å². The first-order valence-electron chi connectivity index (χ1n) is 8.53.